The Labute approximate surface area is 117 Å². The molecule has 0 aromatic heterocycles. The van der Waals surface area contributed by atoms with Crippen LogP contribution in [-0.4, -0.2) is 22.4 Å². The molecule has 2 heteroatoms. The molecule has 2 N–H and O–H groups in total. The van der Waals surface area contributed by atoms with E-state index in [1.807, 2.05) is 12.2 Å². The summed E-state index contributed by atoms with van der Waals surface area (Å²) in [5.74, 6) is 0.946. The van der Waals surface area contributed by atoms with Gasteiger partial charge in [-0.2, -0.15) is 0 Å². The minimum Gasteiger partial charge on any atom is -0.393 e. The molecule has 2 fully saturated rings. The SMILES string of the molecule is O[C@@H](/C=C\C[C@H](O)C1CCCCC1)C1CCCCC1. The summed E-state index contributed by atoms with van der Waals surface area (Å²) in [4.78, 5) is 0. The van der Waals surface area contributed by atoms with Crippen LogP contribution in [-0.2, 0) is 0 Å². The summed E-state index contributed by atoms with van der Waals surface area (Å²) < 4.78 is 0. The van der Waals surface area contributed by atoms with Crippen molar-refractivity contribution in [2.24, 2.45) is 11.8 Å². The van der Waals surface area contributed by atoms with E-state index in [9.17, 15) is 10.2 Å². The van der Waals surface area contributed by atoms with Crippen LogP contribution in [0.2, 0.25) is 0 Å². The minimum absolute atomic E-state index is 0.199. The van der Waals surface area contributed by atoms with Crippen molar-refractivity contribution < 1.29 is 10.2 Å². The van der Waals surface area contributed by atoms with Crippen LogP contribution in [0, 0.1) is 11.8 Å². The fraction of sp³-hybridized carbons (Fsp3) is 0.882. The Morgan fingerprint density at radius 3 is 1.89 bits per heavy atom. The zero-order valence-corrected chi connectivity index (χ0v) is 12.1. The second-order valence-electron chi connectivity index (χ2n) is 6.52. The number of aliphatic hydroxyl groups excluding tert-OH is 2. The third kappa shape index (κ3) is 4.92. The van der Waals surface area contributed by atoms with Gasteiger partial charge in [-0.25, -0.2) is 0 Å². The largest absolute Gasteiger partial charge is 0.393 e. The molecule has 0 amide bonds. The Bertz CT molecular complexity index is 262. The van der Waals surface area contributed by atoms with Crippen LogP contribution in [0.15, 0.2) is 12.2 Å². The van der Waals surface area contributed by atoms with Crippen LogP contribution in [0.25, 0.3) is 0 Å². The van der Waals surface area contributed by atoms with Gasteiger partial charge < -0.3 is 10.2 Å². The molecule has 0 heterocycles. The molecule has 2 aliphatic rings. The Morgan fingerprint density at radius 1 is 0.789 bits per heavy atom. The van der Waals surface area contributed by atoms with Crippen LogP contribution in [0.3, 0.4) is 0 Å². The van der Waals surface area contributed by atoms with Gasteiger partial charge >= 0.3 is 0 Å². The van der Waals surface area contributed by atoms with E-state index in [1.165, 1.54) is 51.4 Å². The molecular weight excluding hydrogens is 236 g/mol. The second kappa shape index (κ2) is 8.06. The zero-order chi connectivity index (χ0) is 13.5. The van der Waals surface area contributed by atoms with Gasteiger partial charge in [-0.3, -0.25) is 0 Å². The van der Waals surface area contributed by atoms with E-state index in [4.69, 9.17) is 0 Å². The molecule has 0 aromatic carbocycles. The van der Waals surface area contributed by atoms with Crippen molar-refractivity contribution in [3.8, 4) is 0 Å². The first-order valence-electron chi connectivity index (χ1n) is 8.30. The third-order valence-electron chi connectivity index (χ3n) is 5.04. The van der Waals surface area contributed by atoms with Crippen molar-refractivity contribution in [1.82, 2.24) is 0 Å². The van der Waals surface area contributed by atoms with Crippen molar-refractivity contribution in [2.75, 3.05) is 0 Å². The predicted molar refractivity (Wildman–Crippen MR) is 78.9 cm³/mol. The van der Waals surface area contributed by atoms with Crippen LogP contribution >= 0.6 is 0 Å². The highest BCUT2D eigenvalue weighted by molar-refractivity contribution is 4.94. The molecule has 0 unspecified atom stereocenters. The Morgan fingerprint density at radius 2 is 1.32 bits per heavy atom. The molecule has 110 valence electrons. The molecule has 0 spiro atoms. The summed E-state index contributed by atoms with van der Waals surface area (Å²) in [5.41, 5.74) is 0. The smallest absolute Gasteiger partial charge is 0.0749 e. The minimum atomic E-state index is -0.293. The summed E-state index contributed by atoms with van der Waals surface area (Å²) in [6.07, 6.45) is 16.6. The number of aliphatic hydroxyl groups is 2. The predicted octanol–water partition coefficient (Wildman–Crippen LogP) is 3.82. The Balaban J connectivity index is 1.69. The number of hydrogen-bond acceptors (Lipinski definition) is 2. The molecule has 0 aromatic rings. The highest BCUT2D eigenvalue weighted by Crippen LogP contribution is 2.29. The molecule has 2 rings (SSSR count). The molecular formula is C17H30O2. The number of rotatable bonds is 5. The van der Waals surface area contributed by atoms with Gasteiger partial charge in [0.15, 0.2) is 0 Å². The second-order valence-corrected chi connectivity index (χ2v) is 6.52. The maximum Gasteiger partial charge on any atom is 0.0749 e. The van der Waals surface area contributed by atoms with Crippen molar-refractivity contribution in [3.63, 3.8) is 0 Å². The van der Waals surface area contributed by atoms with Crippen LogP contribution in [0.1, 0.15) is 70.6 Å². The Hall–Kier alpha value is -0.340. The van der Waals surface area contributed by atoms with Gasteiger partial charge in [0.2, 0.25) is 0 Å². The zero-order valence-electron chi connectivity index (χ0n) is 12.1. The molecule has 0 radical (unpaired) electrons. The van der Waals surface area contributed by atoms with Crippen molar-refractivity contribution in [3.05, 3.63) is 12.2 Å². The van der Waals surface area contributed by atoms with E-state index in [-0.39, 0.29) is 12.2 Å². The molecule has 2 aliphatic carbocycles. The first kappa shape index (κ1) is 15.1. The van der Waals surface area contributed by atoms with Gasteiger partial charge in [0.05, 0.1) is 12.2 Å². The molecule has 2 nitrogen and oxygen atoms in total. The van der Waals surface area contributed by atoms with E-state index >= 15 is 0 Å². The standard InChI is InChI=1S/C17H30O2/c18-16(14-8-3-1-4-9-14)12-7-13-17(19)15-10-5-2-6-11-15/h7,12,14-19H,1-6,8-11,13H2/b12-7-/t16-,17-/m0/s1. The molecule has 0 bridgehead atoms. The van der Waals surface area contributed by atoms with Crippen LogP contribution < -0.4 is 0 Å². The van der Waals surface area contributed by atoms with Crippen molar-refractivity contribution >= 4 is 0 Å². The summed E-state index contributed by atoms with van der Waals surface area (Å²) in [7, 11) is 0. The Kier molecular flexibility index (Phi) is 6.39. The molecule has 2 atom stereocenters. The monoisotopic (exact) mass is 266 g/mol. The first-order chi connectivity index (χ1) is 9.27. The average Bonchev–Trinajstić information content (AvgIpc) is 2.49. The van der Waals surface area contributed by atoms with Crippen molar-refractivity contribution in [1.29, 1.82) is 0 Å². The maximum atomic E-state index is 10.2. The topological polar surface area (TPSA) is 40.5 Å². The summed E-state index contributed by atoms with van der Waals surface area (Å²) in [6, 6.07) is 0. The van der Waals surface area contributed by atoms with Gasteiger partial charge in [-0.15, -0.1) is 0 Å². The van der Waals surface area contributed by atoms with E-state index in [0.717, 1.165) is 12.8 Å². The van der Waals surface area contributed by atoms with Crippen LogP contribution in [0.5, 0.6) is 0 Å². The molecule has 2 saturated carbocycles. The van der Waals surface area contributed by atoms with E-state index in [0.29, 0.717) is 18.3 Å². The van der Waals surface area contributed by atoms with Gasteiger partial charge in [0, 0.05) is 0 Å². The van der Waals surface area contributed by atoms with E-state index < -0.39 is 0 Å². The van der Waals surface area contributed by atoms with Gasteiger partial charge in [-0.1, -0.05) is 50.7 Å². The fourth-order valence-electron chi connectivity index (χ4n) is 3.70. The quantitative estimate of drug-likeness (QED) is 0.743. The average molecular weight is 266 g/mol. The summed E-state index contributed by atoms with van der Waals surface area (Å²) in [6.45, 7) is 0. The molecule has 0 saturated heterocycles. The molecule has 0 aliphatic heterocycles. The molecule has 19 heavy (non-hydrogen) atoms. The first-order valence-corrected chi connectivity index (χ1v) is 8.30. The lowest BCUT2D eigenvalue weighted by atomic mass is 9.83. The number of hydrogen-bond donors (Lipinski definition) is 2. The van der Waals surface area contributed by atoms with Gasteiger partial charge in [-0.05, 0) is 43.9 Å². The van der Waals surface area contributed by atoms with E-state index in [1.54, 1.807) is 0 Å². The lowest BCUT2D eigenvalue weighted by Gasteiger charge is -2.26. The lowest BCUT2D eigenvalue weighted by Crippen LogP contribution is -2.23. The summed E-state index contributed by atoms with van der Waals surface area (Å²) >= 11 is 0. The van der Waals surface area contributed by atoms with Crippen LogP contribution in [0.4, 0.5) is 0 Å². The van der Waals surface area contributed by atoms with Crippen molar-refractivity contribution in [2.45, 2.75) is 82.8 Å². The lowest BCUT2D eigenvalue weighted by molar-refractivity contribution is 0.0863. The van der Waals surface area contributed by atoms with Gasteiger partial charge in [0.25, 0.3) is 0 Å². The maximum absolute atomic E-state index is 10.2. The third-order valence-corrected chi connectivity index (χ3v) is 5.04. The normalized spacial score (nSPS) is 26.6. The fourth-order valence-corrected chi connectivity index (χ4v) is 3.70. The van der Waals surface area contributed by atoms with Gasteiger partial charge in [0.1, 0.15) is 0 Å². The highest BCUT2D eigenvalue weighted by Gasteiger charge is 2.22. The summed E-state index contributed by atoms with van der Waals surface area (Å²) in [5, 5.41) is 20.3. The van der Waals surface area contributed by atoms with E-state index in [2.05, 4.69) is 0 Å². The highest BCUT2D eigenvalue weighted by atomic mass is 16.3.